The largest absolute Gasteiger partial charge is 0.488 e. The molecule has 0 radical (unpaired) electrons. The molecule has 0 bridgehead atoms. The molecule has 4 aromatic carbocycles. The van der Waals surface area contributed by atoms with Gasteiger partial charge in [-0.3, -0.25) is 0 Å². The zero-order valence-electron chi connectivity index (χ0n) is 28.9. The Morgan fingerprint density at radius 2 is 1.06 bits per heavy atom. The molecule has 12 nitrogen and oxygen atoms in total. The van der Waals surface area contributed by atoms with E-state index in [1.54, 1.807) is 51.5 Å². The molecule has 0 saturated heterocycles. The maximum Gasteiger partial charge on any atom is 0.175 e. The van der Waals surface area contributed by atoms with Gasteiger partial charge in [0.15, 0.2) is 19.7 Å². The number of rotatable bonds is 12. The Bertz CT molecular complexity index is 2020. The summed E-state index contributed by atoms with van der Waals surface area (Å²) in [5.74, 6) is 1.32. The van der Waals surface area contributed by atoms with Crippen molar-refractivity contribution in [1.82, 2.24) is 0 Å². The molecular formula is C36H39FN2O10S2. The minimum Gasteiger partial charge on any atom is -0.488 e. The number of aliphatic hydroxyl groups is 1. The maximum absolute atomic E-state index is 13.2. The van der Waals surface area contributed by atoms with Crippen molar-refractivity contribution in [3.8, 4) is 40.9 Å². The number of methoxy groups -OCH3 is 2. The van der Waals surface area contributed by atoms with E-state index in [2.05, 4.69) is 10.8 Å². The minimum atomic E-state index is -3.27. The van der Waals surface area contributed by atoms with E-state index in [0.29, 0.717) is 41.8 Å². The van der Waals surface area contributed by atoms with E-state index in [1.807, 2.05) is 13.0 Å². The Kier molecular flexibility index (Phi) is 16.5. The van der Waals surface area contributed by atoms with Crippen LogP contribution >= 0.6 is 0 Å². The van der Waals surface area contributed by atoms with E-state index in [9.17, 15) is 21.2 Å². The number of nitriles is 2. The molecule has 0 spiro atoms. The van der Waals surface area contributed by atoms with Gasteiger partial charge in [0.25, 0.3) is 0 Å². The molecule has 0 saturated carbocycles. The van der Waals surface area contributed by atoms with Gasteiger partial charge >= 0.3 is 0 Å². The van der Waals surface area contributed by atoms with E-state index in [-0.39, 0.29) is 33.3 Å². The first-order valence-electron chi connectivity index (χ1n) is 15.0. The summed E-state index contributed by atoms with van der Waals surface area (Å²) in [6, 6.07) is 24.2. The predicted octanol–water partition coefficient (Wildman–Crippen LogP) is 6.07. The van der Waals surface area contributed by atoms with E-state index in [4.69, 9.17) is 34.6 Å². The van der Waals surface area contributed by atoms with Crippen molar-refractivity contribution in [2.24, 2.45) is 0 Å². The lowest BCUT2D eigenvalue weighted by Crippen LogP contribution is -2.17. The molecule has 1 N–H and O–H groups in total. The number of hydrogen-bond acceptors (Lipinski definition) is 12. The summed E-state index contributed by atoms with van der Waals surface area (Å²) in [7, 11) is -3.38. The quantitative estimate of drug-likeness (QED) is 0.177. The highest BCUT2D eigenvalue weighted by Gasteiger charge is 2.11. The van der Waals surface area contributed by atoms with Crippen LogP contribution < -0.4 is 14.2 Å². The van der Waals surface area contributed by atoms with Crippen molar-refractivity contribution >= 4 is 19.7 Å². The van der Waals surface area contributed by atoms with Gasteiger partial charge in [-0.2, -0.15) is 10.5 Å². The Morgan fingerprint density at radius 3 is 1.43 bits per heavy atom. The summed E-state index contributed by atoms with van der Waals surface area (Å²) in [4.78, 5) is 0.379. The minimum absolute atomic E-state index is 0.146. The fourth-order valence-electron chi connectivity index (χ4n) is 3.97. The van der Waals surface area contributed by atoms with E-state index >= 15 is 0 Å². The molecule has 0 aliphatic rings. The van der Waals surface area contributed by atoms with Gasteiger partial charge in [-0.15, -0.1) is 0 Å². The number of nitrogens with zero attached hydrogens (tertiary/aromatic N) is 2. The van der Waals surface area contributed by atoms with Crippen LogP contribution in [0.1, 0.15) is 25.0 Å². The monoisotopic (exact) mass is 742 g/mol. The van der Waals surface area contributed by atoms with Gasteiger partial charge in [0.05, 0.1) is 52.4 Å². The molecule has 0 heterocycles. The number of aliphatic hydroxyl groups excluding tert-OH is 1. The van der Waals surface area contributed by atoms with Crippen LogP contribution in [0.4, 0.5) is 4.39 Å². The van der Waals surface area contributed by atoms with Gasteiger partial charge in [0.2, 0.25) is 0 Å². The maximum atomic E-state index is 13.2. The molecule has 0 aliphatic carbocycles. The van der Waals surface area contributed by atoms with Gasteiger partial charge in [0, 0.05) is 38.9 Å². The van der Waals surface area contributed by atoms with Crippen LogP contribution in [-0.2, 0) is 29.1 Å². The third-order valence-electron chi connectivity index (χ3n) is 6.13. The highest BCUT2D eigenvalue weighted by Crippen LogP contribution is 2.29. The van der Waals surface area contributed by atoms with Crippen LogP contribution in [0, 0.1) is 28.5 Å². The van der Waals surface area contributed by atoms with E-state index in [0.717, 1.165) is 24.6 Å². The lowest BCUT2D eigenvalue weighted by Gasteiger charge is -2.15. The number of hydrogen-bond donors (Lipinski definition) is 1. The summed E-state index contributed by atoms with van der Waals surface area (Å²) in [5.41, 5.74) is 0.539. The summed E-state index contributed by atoms with van der Waals surface area (Å²) in [5, 5.41) is 26.3. The SMILES string of the molecule is COCC(C)O.COCC(C)Oc1cc(C#N)cc(Oc2ccc(S(C)(=O)=O)cc2)c1.CS(=O)(=O)c1ccc(Oc2cc(F)cc(C#N)c2)cc1. The Morgan fingerprint density at radius 1 is 0.647 bits per heavy atom. The second kappa shape index (κ2) is 20.0. The van der Waals surface area contributed by atoms with Crippen molar-refractivity contribution in [3.63, 3.8) is 0 Å². The van der Waals surface area contributed by atoms with Crippen LogP contribution in [0.3, 0.4) is 0 Å². The summed E-state index contributed by atoms with van der Waals surface area (Å²) in [6.07, 6.45) is 1.74. The Labute approximate surface area is 298 Å². The van der Waals surface area contributed by atoms with Crippen molar-refractivity contribution in [2.75, 3.05) is 39.9 Å². The molecule has 4 aromatic rings. The van der Waals surface area contributed by atoms with Gasteiger partial charge < -0.3 is 28.8 Å². The van der Waals surface area contributed by atoms with Gasteiger partial charge in [-0.25, -0.2) is 21.2 Å². The van der Waals surface area contributed by atoms with Crippen LogP contribution in [0.15, 0.2) is 94.7 Å². The van der Waals surface area contributed by atoms with Crippen LogP contribution in [0.2, 0.25) is 0 Å². The number of halogens is 1. The van der Waals surface area contributed by atoms with Gasteiger partial charge in [0.1, 0.15) is 40.7 Å². The van der Waals surface area contributed by atoms with Crippen molar-refractivity contribution in [1.29, 1.82) is 10.5 Å². The Hall–Kier alpha value is -5.03. The van der Waals surface area contributed by atoms with Crippen LogP contribution in [0.5, 0.6) is 28.7 Å². The molecule has 4 rings (SSSR count). The fourth-order valence-corrected chi connectivity index (χ4v) is 5.23. The molecule has 51 heavy (non-hydrogen) atoms. The van der Waals surface area contributed by atoms with Crippen LogP contribution in [-0.4, -0.2) is 74.1 Å². The highest BCUT2D eigenvalue weighted by molar-refractivity contribution is 7.91. The molecule has 2 unspecified atom stereocenters. The van der Waals surface area contributed by atoms with Gasteiger partial charge in [-0.1, -0.05) is 0 Å². The van der Waals surface area contributed by atoms with Crippen molar-refractivity contribution in [2.45, 2.75) is 35.8 Å². The average Bonchev–Trinajstić information content (AvgIpc) is 3.04. The highest BCUT2D eigenvalue weighted by atomic mass is 32.2. The third kappa shape index (κ3) is 15.6. The predicted molar refractivity (Wildman–Crippen MR) is 187 cm³/mol. The molecule has 15 heteroatoms. The molecule has 2 atom stereocenters. The van der Waals surface area contributed by atoms with E-state index in [1.165, 1.54) is 42.5 Å². The lowest BCUT2D eigenvalue weighted by molar-refractivity contribution is 0.0765. The number of ether oxygens (including phenoxy) is 5. The zero-order chi connectivity index (χ0) is 38.2. The zero-order valence-corrected chi connectivity index (χ0v) is 30.5. The Balaban J connectivity index is 0.000000310. The second-order valence-electron chi connectivity index (χ2n) is 11.0. The standard InChI is InChI=1S/C18H19NO5S.C14H10FNO3S.C4H10O2/c1-13(12-22-2)23-16-8-14(11-19)9-17(10-16)24-15-4-6-18(7-5-15)25(3,20)21;1-20(17,18)14-4-2-12(3-5-14)19-13-7-10(9-16)6-11(15)8-13;1-4(5)3-6-2/h4-10,13H,12H2,1-3H3;2-8H,1H3;4-5H,3H2,1-2H3. The van der Waals surface area contributed by atoms with Crippen molar-refractivity contribution in [3.05, 3.63) is 102 Å². The molecule has 0 amide bonds. The fraction of sp³-hybridized carbons (Fsp3) is 0.278. The number of sulfone groups is 2. The van der Waals surface area contributed by atoms with E-state index < -0.39 is 25.5 Å². The molecular weight excluding hydrogens is 704 g/mol. The summed E-state index contributed by atoms with van der Waals surface area (Å²) in [6.45, 7) is 4.39. The number of benzene rings is 4. The summed E-state index contributed by atoms with van der Waals surface area (Å²) < 4.78 is 85.2. The third-order valence-corrected chi connectivity index (χ3v) is 8.39. The molecule has 0 fully saturated rings. The summed E-state index contributed by atoms with van der Waals surface area (Å²) >= 11 is 0. The molecule has 272 valence electrons. The molecule has 0 aliphatic heterocycles. The first-order valence-corrected chi connectivity index (χ1v) is 18.8. The average molecular weight is 743 g/mol. The normalized spacial score (nSPS) is 12.0. The van der Waals surface area contributed by atoms with Crippen LogP contribution in [0.25, 0.3) is 0 Å². The lowest BCUT2D eigenvalue weighted by atomic mass is 10.2. The topological polar surface area (TPSA) is 182 Å². The first kappa shape index (κ1) is 42.1. The molecule has 0 aromatic heterocycles. The second-order valence-corrected chi connectivity index (χ2v) is 15.0. The first-order chi connectivity index (χ1) is 24.0. The smallest absolute Gasteiger partial charge is 0.175 e. The van der Waals surface area contributed by atoms with Crippen molar-refractivity contribution < 1.29 is 50.0 Å². The van der Waals surface area contributed by atoms with Gasteiger partial charge in [-0.05, 0) is 86.6 Å².